The number of methoxy groups -OCH3 is 3. The van der Waals surface area contributed by atoms with Crippen LogP contribution in [0, 0.1) is 6.92 Å². The van der Waals surface area contributed by atoms with Gasteiger partial charge in [0.25, 0.3) is 5.91 Å². The number of carbonyl (C=O) groups excluding carboxylic acids is 1. The third-order valence-corrected chi connectivity index (χ3v) is 6.28. The number of ether oxygens (including phenoxy) is 3. The minimum atomic E-state index is -0.472. The van der Waals surface area contributed by atoms with Crippen molar-refractivity contribution in [3.63, 3.8) is 0 Å². The lowest BCUT2D eigenvalue weighted by atomic mass is 9.99. The van der Waals surface area contributed by atoms with Gasteiger partial charge < -0.3 is 49.1 Å². The lowest BCUT2D eigenvalue weighted by Gasteiger charge is -2.15. The highest BCUT2D eigenvalue weighted by Crippen LogP contribution is 2.41. The van der Waals surface area contributed by atoms with Crippen LogP contribution in [0.4, 0.5) is 5.69 Å². The summed E-state index contributed by atoms with van der Waals surface area (Å²) in [6, 6.07) is 9.09. The molecule has 1 amide bonds. The second-order valence-electron chi connectivity index (χ2n) is 8.16. The number of aromatic nitrogens is 1. The van der Waals surface area contributed by atoms with Gasteiger partial charge in [-0.25, -0.2) is 0 Å². The molecule has 8 N–H and O–H groups in total. The SMILES string of the molecule is COc1ccc(-c2csnc2-c2cc(C)c(OC)c(OC)c2)cc1NC(=O)[C@H]([NH3+])CCCN=C(N)N.[Cl-]. The second kappa shape index (κ2) is 13.7. The number of aryl methyl sites for hydroxylation is 1. The van der Waals surface area contributed by atoms with E-state index in [2.05, 4.69) is 20.4 Å². The molecule has 0 bridgehead atoms. The van der Waals surface area contributed by atoms with Gasteiger partial charge in [0.05, 0.1) is 32.7 Å². The van der Waals surface area contributed by atoms with Gasteiger partial charge in [-0.1, -0.05) is 6.07 Å². The number of guanidine groups is 1. The number of hydrogen-bond donors (Lipinski definition) is 4. The summed E-state index contributed by atoms with van der Waals surface area (Å²) >= 11 is 1.35. The second-order valence-corrected chi connectivity index (χ2v) is 8.78. The fourth-order valence-electron chi connectivity index (χ4n) is 3.83. The van der Waals surface area contributed by atoms with E-state index in [9.17, 15) is 4.79 Å². The Morgan fingerprint density at radius 3 is 2.49 bits per heavy atom. The summed E-state index contributed by atoms with van der Waals surface area (Å²) in [5.41, 5.74) is 19.7. The summed E-state index contributed by atoms with van der Waals surface area (Å²) in [7, 11) is 4.79. The van der Waals surface area contributed by atoms with Crippen molar-refractivity contribution in [3.8, 4) is 39.6 Å². The van der Waals surface area contributed by atoms with Gasteiger partial charge >= 0.3 is 0 Å². The first-order chi connectivity index (χ1) is 17.3. The van der Waals surface area contributed by atoms with Crippen LogP contribution in [0.2, 0.25) is 0 Å². The zero-order valence-electron chi connectivity index (χ0n) is 21.3. The molecule has 0 fully saturated rings. The zero-order chi connectivity index (χ0) is 26.2. The van der Waals surface area contributed by atoms with E-state index in [1.807, 2.05) is 42.6 Å². The van der Waals surface area contributed by atoms with Crippen molar-refractivity contribution in [2.75, 3.05) is 33.2 Å². The maximum atomic E-state index is 12.8. The van der Waals surface area contributed by atoms with Crippen LogP contribution in [0.3, 0.4) is 0 Å². The van der Waals surface area contributed by atoms with Crippen LogP contribution in [-0.4, -0.2) is 50.2 Å². The van der Waals surface area contributed by atoms with Gasteiger partial charge in [-0.05, 0) is 60.3 Å². The highest BCUT2D eigenvalue weighted by atomic mass is 35.5. The number of quaternary nitrogens is 1. The largest absolute Gasteiger partial charge is 1.00 e. The molecule has 3 rings (SSSR count). The van der Waals surface area contributed by atoms with Crippen LogP contribution >= 0.6 is 11.5 Å². The molecule has 1 aromatic heterocycles. The van der Waals surface area contributed by atoms with Crippen molar-refractivity contribution >= 4 is 29.1 Å². The van der Waals surface area contributed by atoms with Gasteiger partial charge in [0, 0.05) is 29.5 Å². The predicted octanol–water partition coefficient (Wildman–Crippen LogP) is -0.582. The summed E-state index contributed by atoms with van der Waals surface area (Å²) < 4.78 is 21.1. The quantitative estimate of drug-likeness (QED) is 0.141. The predicted molar refractivity (Wildman–Crippen MR) is 143 cm³/mol. The Balaban J connectivity index is 0.00000481. The zero-order valence-corrected chi connectivity index (χ0v) is 22.9. The number of hydrogen-bond acceptors (Lipinski definition) is 7. The molecule has 12 heteroatoms. The van der Waals surface area contributed by atoms with Crippen LogP contribution in [0.5, 0.6) is 17.2 Å². The van der Waals surface area contributed by atoms with E-state index in [1.165, 1.54) is 11.5 Å². The van der Waals surface area contributed by atoms with Crippen LogP contribution < -0.4 is 49.1 Å². The van der Waals surface area contributed by atoms with Crippen LogP contribution in [0.15, 0.2) is 40.7 Å². The summed E-state index contributed by atoms with van der Waals surface area (Å²) in [6.45, 7) is 2.41. The van der Waals surface area contributed by atoms with E-state index in [0.29, 0.717) is 42.3 Å². The average Bonchev–Trinajstić information content (AvgIpc) is 3.35. The first kappa shape index (κ1) is 29.7. The molecule has 1 atom stereocenters. The fraction of sp³-hybridized carbons (Fsp3) is 0.320. The minimum absolute atomic E-state index is 0. The van der Waals surface area contributed by atoms with Crippen molar-refractivity contribution in [2.45, 2.75) is 25.8 Å². The Morgan fingerprint density at radius 1 is 1.11 bits per heavy atom. The number of rotatable bonds is 11. The Morgan fingerprint density at radius 2 is 1.84 bits per heavy atom. The van der Waals surface area contributed by atoms with Crippen molar-refractivity contribution < 1.29 is 37.1 Å². The highest BCUT2D eigenvalue weighted by molar-refractivity contribution is 7.04. The Hall–Kier alpha value is -3.54. The van der Waals surface area contributed by atoms with E-state index in [-0.39, 0.29) is 24.3 Å². The van der Waals surface area contributed by atoms with Crippen LogP contribution in [-0.2, 0) is 4.79 Å². The van der Waals surface area contributed by atoms with Gasteiger partial charge in [0.1, 0.15) is 5.75 Å². The number of halogens is 1. The summed E-state index contributed by atoms with van der Waals surface area (Å²) in [6.07, 6.45) is 1.19. The molecule has 0 aliphatic rings. The van der Waals surface area contributed by atoms with Crippen molar-refractivity contribution in [2.24, 2.45) is 16.5 Å². The molecule has 0 saturated carbocycles. The van der Waals surface area contributed by atoms with Crippen molar-refractivity contribution in [1.29, 1.82) is 0 Å². The van der Waals surface area contributed by atoms with E-state index >= 15 is 0 Å². The maximum absolute atomic E-state index is 12.8. The number of benzene rings is 2. The van der Waals surface area contributed by atoms with E-state index in [0.717, 1.165) is 27.9 Å². The molecule has 0 saturated heterocycles. The molecule has 2 aromatic carbocycles. The van der Waals surface area contributed by atoms with Gasteiger partial charge in [0.15, 0.2) is 23.5 Å². The van der Waals surface area contributed by atoms with Gasteiger partial charge in [-0.15, -0.1) is 0 Å². The third kappa shape index (κ3) is 7.25. The van der Waals surface area contributed by atoms with Crippen molar-refractivity contribution in [1.82, 2.24) is 4.37 Å². The maximum Gasteiger partial charge on any atom is 0.282 e. The monoisotopic (exact) mass is 548 g/mol. The summed E-state index contributed by atoms with van der Waals surface area (Å²) in [5, 5.41) is 4.92. The van der Waals surface area contributed by atoms with Crippen LogP contribution in [0.25, 0.3) is 22.4 Å². The number of anilines is 1. The molecule has 200 valence electrons. The minimum Gasteiger partial charge on any atom is -1.00 e. The molecule has 0 radical (unpaired) electrons. The molecule has 37 heavy (non-hydrogen) atoms. The van der Waals surface area contributed by atoms with Crippen molar-refractivity contribution in [3.05, 3.63) is 41.3 Å². The topological polar surface area (TPSA) is 162 Å². The molecule has 0 aliphatic heterocycles. The average molecular weight is 549 g/mol. The number of nitrogens with one attached hydrogen (secondary N) is 1. The lowest BCUT2D eigenvalue weighted by Crippen LogP contribution is -3.00. The number of aliphatic imine (C=N–C) groups is 1. The van der Waals surface area contributed by atoms with Gasteiger partial charge in [0.2, 0.25) is 0 Å². The third-order valence-electron chi connectivity index (χ3n) is 5.65. The summed E-state index contributed by atoms with van der Waals surface area (Å²) in [5.74, 6) is 1.69. The molecule has 0 unspecified atom stereocenters. The number of nitrogens with zero attached hydrogens (tertiary/aromatic N) is 2. The Bertz CT molecular complexity index is 1250. The van der Waals surface area contributed by atoms with Crippen LogP contribution in [0.1, 0.15) is 18.4 Å². The molecule has 0 spiro atoms. The Kier molecular flexibility index (Phi) is 11.0. The molecule has 1 heterocycles. The Labute approximate surface area is 226 Å². The number of carbonyl (C=O) groups is 1. The van der Waals surface area contributed by atoms with Gasteiger partial charge in [-0.2, -0.15) is 4.37 Å². The fourth-order valence-corrected chi connectivity index (χ4v) is 4.54. The number of nitrogens with two attached hydrogens (primary N) is 2. The normalized spacial score (nSPS) is 11.2. The smallest absolute Gasteiger partial charge is 0.282 e. The first-order valence-electron chi connectivity index (χ1n) is 11.3. The molecule has 0 aliphatic carbocycles. The number of amides is 1. The van der Waals surface area contributed by atoms with E-state index in [4.69, 9.17) is 25.7 Å². The first-order valence-corrected chi connectivity index (χ1v) is 12.2. The lowest BCUT2D eigenvalue weighted by molar-refractivity contribution is -0.403. The standard InChI is InChI=1S/C25H32N6O4S.ClH/c1-14-10-16(12-21(34-3)23(14)35-4)22-17(13-36-31-22)15-7-8-20(33-2)19(11-15)30-24(32)18(26)6-5-9-29-25(27)28;/h7-8,10-13,18H,5-6,9,26H2,1-4H3,(H,30,32)(H4,27,28,29);1H/t18-;/m1./s1. The molecule has 3 aromatic rings. The summed E-state index contributed by atoms with van der Waals surface area (Å²) in [4.78, 5) is 16.8. The molecule has 10 nitrogen and oxygen atoms in total. The molecular formula is C25H33ClN6O4S. The van der Waals surface area contributed by atoms with E-state index in [1.54, 1.807) is 21.3 Å². The van der Waals surface area contributed by atoms with Gasteiger partial charge in [-0.3, -0.25) is 9.79 Å². The molecular weight excluding hydrogens is 516 g/mol. The highest BCUT2D eigenvalue weighted by Gasteiger charge is 2.20. The van der Waals surface area contributed by atoms with E-state index < -0.39 is 6.04 Å².